The Bertz CT molecular complexity index is 351. The van der Waals surface area contributed by atoms with Crippen LogP contribution < -0.4 is 0 Å². The summed E-state index contributed by atoms with van der Waals surface area (Å²) in [6.45, 7) is 2.65. The largest absolute Gasteiger partial charge is 0.447 e. The number of ether oxygens (including phenoxy) is 3. The van der Waals surface area contributed by atoms with Crippen molar-refractivity contribution in [2.75, 3.05) is 6.61 Å². The van der Waals surface area contributed by atoms with Gasteiger partial charge in [-0.2, -0.15) is 0 Å². The SMILES string of the molecule is CC1CCOC2(OC=C[C@@H]3CCC(=O)C[C@H]32)O1. The summed E-state index contributed by atoms with van der Waals surface area (Å²) in [5, 5.41) is 0. The van der Waals surface area contributed by atoms with E-state index in [0.29, 0.717) is 25.4 Å². The molecule has 3 aliphatic rings. The Morgan fingerprint density at radius 3 is 3.12 bits per heavy atom. The molecule has 17 heavy (non-hydrogen) atoms. The molecular weight excluding hydrogens is 220 g/mol. The Kier molecular flexibility index (Phi) is 2.71. The maximum Gasteiger partial charge on any atom is 0.330 e. The van der Waals surface area contributed by atoms with Crippen LogP contribution in [0.15, 0.2) is 12.3 Å². The number of rotatable bonds is 0. The smallest absolute Gasteiger partial charge is 0.330 e. The molecule has 1 saturated carbocycles. The number of Topliss-reactive ketones (excluding diaryl/α,β-unsaturated/α-hetero) is 1. The Hall–Kier alpha value is -0.870. The van der Waals surface area contributed by atoms with E-state index in [1.54, 1.807) is 6.26 Å². The lowest BCUT2D eigenvalue weighted by Gasteiger charge is -2.48. The summed E-state index contributed by atoms with van der Waals surface area (Å²) < 4.78 is 17.2. The molecule has 4 nitrogen and oxygen atoms in total. The average molecular weight is 238 g/mol. The van der Waals surface area contributed by atoms with E-state index in [-0.39, 0.29) is 17.8 Å². The summed E-state index contributed by atoms with van der Waals surface area (Å²) in [7, 11) is 0. The zero-order valence-corrected chi connectivity index (χ0v) is 10.1. The van der Waals surface area contributed by atoms with Crippen molar-refractivity contribution < 1.29 is 19.0 Å². The van der Waals surface area contributed by atoms with E-state index in [4.69, 9.17) is 14.2 Å². The van der Waals surface area contributed by atoms with Crippen LogP contribution in [0.3, 0.4) is 0 Å². The molecule has 0 amide bonds. The van der Waals surface area contributed by atoms with Gasteiger partial charge in [-0.15, -0.1) is 0 Å². The summed E-state index contributed by atoms with van der Waals surface area (Å²) in [5.41, 5.74) is 0. The van der Waals surface area contributed by atoms with Crippen LogP contribution in [0.4, 0.5) is 0 Å². The molecule has 2 aliphatic heterocycles. The molecule has 0 radical (unpaired) electrons. The predicted octanol–water partition coefficient (Wildman–Crippen LogP) is 1.99. The molecule has 4 atom stereocenters. The van der Waals surface area contributed by atoms with E-state index in [1.165, 1.54) is 0 Å². The molecular formula is C13H18O4. The van der Waals surface area contributed by atoms with Crippen LogP contribution in [0.2, 0.25) is 0 Å². The van der Waals surface area contributed by atoms with Gasteiger partial charge in [-0.25, -0.2) is 0 Å². The van der Waals surface area contributed by atoms with Gasteiger partial charge in [-0.1, -0.05) is 0 Å². The van der Waals surface area contributed by atoms with Gasteiger partial charge in [0.05, 0.1) is 24.9 Å². The van der Waals surface area contributed by atoms with E-state index in [9.17, 15) is 4.79 Å². The molecule has 0 aromatic carbocycles. The van der Waals surface area contributed by atoms with Gasteiger partial charge in [0.1, 0.15) is 5.78 Å². The molecule has 94 valence electrons. The molecule has 2 heterocycles. The van der Waals surface area contributed by atoms with Gasteiger partial charge in [0.15, 0.2) is 0 Å². The summed E-state index contributed by atoms with van der Waals surface area (Å²) in [6, 6.07) is 0. The summed E-state index contributed by atoms with van der Waals surface area (Å²) >= 11 is 0. The van der Waals surface area contributed by atoms with Crippen LogP contribution in [0.5, 0.6) is 0 Å². The zero-order chi connectivity index (χ0) is 11.9. The molecule has 3 rings (SSSR count). The minimum atomic E-state index is -1.01. The van der Waals surface area contributed by atoms with E-state index in [0.717, 1.165) is 12.8 Å². The highest BCUT2D eigenvalue weighted by atomic mass is 16.9. The van der Waals surface area contributed by atoms with Crippen LogP contribution >= 0.6 is 0 Å². The molecule has 0 N–H and O–H groups in total. The quantitative estimate of drug-likeness (QED) is 0.647. The van der Waals surface area contributed by atoms with Crippen molar-refractivity contribution in [2.24, 2.45) is 11.8 Å². The molecule has 4 heteroatoms. The lowest BCUT2D eigenvalue weighted by Crippen LogP contribution is -2.55. The van der Waals surface area contributed by atoms with Crippen molar-refractivity contribution in [1.82, 2.24) is 0 Å². The first kappa shape index (κ1) is 11.2. The van der Waals surface area contributed by atoms with Crippen molar-refractivity contribution in [3.05, 3.63) is 12.3 Å². The molecule has 0 aromatic rings. The number of carbonyl (C=O) groups is 1. The number of carbonyl (C=O) groups excluding carboxylic acids is 1. The fraction of sp³-hybridized carbons (Fsp3) is 0.769. The van der Waals surface area contributed by atoms with Crippen LogP contribution in [-0.2, 0) is 19.0 Å². The van der Waals surface area contributed by atoms with Gasteiger partial charge in [0.2, 0.25) is 0 Å². The predicted molar refractivity (Wildman–Crippen MR) is 59.9 cm³/mol. The second kappa shape index (κ2) is 4.10. The Labute approximate surface area is 101 Å². The zero-order valence-electron chi connectivity index (χ0n) is 10.1. The number of fused-ring (bicyclic) bond motifs is 2. The lowest BCUT2D eigenvalue weighted by molar-refractivity contribution is -0.428. The van der Waals surface area contributed by atoms with Crippen LogP contribution in [-0.4, -0.2) is 24.5 Å². The van der Waals surface area contributed by atoms with Crippen molar-refractivity contribution in [3.8, 4) is 0 Å². The van der Waals surface area contributed by atoms with Crippen molar-refractivity contribution in [1.29, 1.82) is 0 Å². The van der Waals surface area contributed by atoms with Gasteiger partial charge in [0.25, 0.3) is 0 Å². The van der Waals surface area contributed by atoms with Gasteiger partial charge in [-0.3, -0.25) is 4.79 Å². The highest BCUT2D eigenvalue weighted by Gasteiger charge is 2.53. The monoisotopic (exact) mass is 238 g/mol. The Morgan fingerprint density at radius 1 is 1.41 bits per heavy atom. The van der Waals surface area contributed by atoms with E-state index < -0.39 is 5.97 Å². The molecule has 2 unspecified atom stereocenters. The third kappa shape index (κ3) is 1.89. The average Bonchev–Trinajstić information content (AvgIpc) is 2.30. The Morgan fingerprint density at radius 2 is 2.29 bits per heavy atom. The number of hydrogen-bond donors (Lipinski definition) is 0. The van der Waals surface area contributed by atoms with Crippen molar-refractivity contribution in [2.45, 2.75) is 44.7 Å². The summed E-state index contributed by atoms with van der Waals surface area (Å²) in [6.07, 6.45) is 6.75. The number of ketones is 1. The third-order valence-electron chi connectivity index (χ3n) is 3.93. The first-order valence-electron chi connectivity index (χ1n) is 6.37. The maximum absolute atomic E-state index is 11.6. The van der Waals surface area contributed by atoms with Crippen LogP contribution in [0.25, 0.3) is 0 Å². The standard InChI is InChI=1S/C13H18O4/c1-9-4-6-15-13(17-9)12-8-11(14)3-2-10(12)5-7-16-13/h5,7,9-10,12H,2-4,6,8H2,1H3/t9?,10-,12+,13?/m0/s1. The fourth-order valence-corrected chi connectivity index (χ4v) is 2.96. The van der Waals surface area contributed by atoms with E-state index in [1.807, 2.05) is 13.0 Å². The molecule has 1 aliphatic carbocycles. The lowest BCUT2D eigenvalue weighted by atomic mass is 9.76. The van der Waals surface area contributed by atoms with E-state index >= 15 is 0 Å². The minimum absolute atomic E-state index is 0.0106. The maximum atomic E-state index is 11.6. The number of allylic oxidation sites excluding steroid dienone is 1. The topological polar surface area (TPSA) is 44.8 Å². The van der Waals surface area contributed by atoms with Gasteiger partial charge >= 0.3 is 5.97 Å². The molecule has 0 bridgehead atoms. The highest BCUT2D eigenvalue weighted by Crippen LogP contribution is 2.45. The normalized spacial score (nSPS) is 45.5. The molecule has 0 aromatic heterocycles. The third-order valence-corrected chi connectivity index (χ3v) is 3.93. The second-order valence-corrected chi connectivity index (χ2v) is 5.17. The molecule has 1 spiro atoms. The summed E-state index contributed by atoms with van der Waals surface area (Å²) in [4.78, 5) is 11.6. The Balaban J connectivity index is 1.87. The number of hydrogen-bond acceptors (Lipinski definition) is 4. The highest BCUT2D eigenvalue weighted by molar-refractivity contribution is 5.79. The fourth-order valence-electron chi connectivity index (χ4n) is 2.96. The van der Waals surface area contributed by atoms with Gasteiger partial charge in [-0.05, 0) is 31.8 Å². The van der Waals surface area contributed by atoms with E-state index in [2.05, 4.69) is 0 Å². The molecule has 1 saturated heterocycles. The second-order valence-electron chi connectivity index (χ2n) is 5.17. The first-order chi connectivity index (χ1) is 8.20. The van der Waals surface area contributed by atoms with Gasteiger partial charge < -0.3 is 14.2 Å². The van der Waals surface area contributed by atoms with Crippen LogP contribution in [0.1, 0.15) is 32.6 Å². The van der Waals surface area contributed by atoms with Crippen LogP contribution in [0, 0.1) is 11.8 Å². The molecule has 2 fully saturated rings. The minimum Gasteiger partial charge on any atom is -0.447 e. The first-order valence-corrected chi connectivity index (χ1v) is 6.37. The van der Waals surface area contributed by atoms with Crippen molar-refractivity contribution >= 4 is 5.78 Å². The van der Waals surface area contributed by atoms with Crippen molar-refractivity contribution in [3.63, 3.8) is 0 Å². The summed E-state index contributed by atoms with van der Waals surface area (Å²) in [5.74, 6) is -0.370. The van der Waals surface area contributed by atoms with Gasteiger partial charge in [0, 0.05) is 12.8 Å².